The molecule has 1 aliphatic rings. The van der Waals surface area contributed by atoms with E-state index >= 15 is 0 Å². The van der Waals surface area contributed by atoms with Crippen LogP contribution >= 0.6 is 0 Å². The van der Waals surface area contributed by atoms with Crippen LogP contribution in [-0.4, -0.2) is 36.6 Å². The molecule has 1 saturated heterocycles. The number of hydrogen-bond donors (Lipinski definition) is 2. The Hall–Kier alpha value is -1.76. The van der Waals surface area contributed by atoms with Crippen LogP contribution in [-0.2, 0) is 6.18 Å². The zero-order valence-corrected chi connectivity index (χ0v) is 11.7. The SMILES string of the molecule is CCN(C(=O)Nc1ccccc1C(F)(F)F)C1CCNC1. The number of benzene rings is 1. The van der Waals surface area contributed by atoms with Crippen LogP contribution in [0.25, 0.3) is 0 Å². The van der Waals surface area contributed by atoms with Gasteiger partial charge in [0.05, 0.1) is 11.3 Å². The van der Waals surface area contributed by atoms with Crippen LogP contribution in [0.3, 0.4) is 0 Å². The third-order valence-corrected chi connectivity index (χ3v) is 3.55. The van der Waals surface area contributed by atoms with Crippen molar-refractivity contribution in [1.29, 1.82) is 0 Å². The van der Waals surface area contributed by atoms with Crippen LogP contribution in [0.2, 0.25) is 0 Å². The fourth-order valence-electron chi connectivity index (χ4n) is 2.50. The number of alkyl halides is 3. The van der Waals surface area contributed by atoms with Crippen LogP contribution in [0, 0.1) is 0 Å². The second-order valence-electron chi connectivity index (χ2n) is 4.91. The van der Waals surface area contributed by atoms with Gasteiger partial charge in [-0.05, 0) is 32.0 Å². The van der Waals surface area contributed by atoms with Crippen molar-refractivity contribution < 1.29 is 18.0 Å². The number of likely N-dealkylation sites (N-methyl/N-ethyl adjacent to an activating group) is 1. The molecule has 0 spiro atoms. The number of nitrogens with zero attached hydrogens (tertiary/aromatic N) is 1. The lowest BCUT2D eigenvalue weighted by Crippen LogP contribution is -2.44. The third-order valence-electron chi connectivity index (χ3n) is 3.55. The maximum absolute atomic E-state index is 12.9. The van der Waals surface area contributed by atoms with Gasteiger partial charge in [-0.3, -0.25) is 0 Å². The monoisotopic (exact) mass is 301 g/mol. The summed E-state index contributed by atoms with van der Waals surface area (Å²) >= 11 is 0. The first-order chi connectivity index (χ1) is 9.93. The Morgan fingerprint density at radius 3 is 2.71 bits per heavy atom. The Kier molecular flexibility index (Phi) is 4.72. The number of anilines is 1. The van der Waals surface area contributed by atoms with Gasteiger partial charge in [-0.25, -0.2) is 4.79 Å². The van der Waals surface area contributed by atoms with E-state index in [4.69, 9.17) is 0 Å². The molecule has 1 aromatic rings. The number of urea groups is 1. The fraction of sp³-hybridized carbons (Fsp3) is 0.500. The van der Waals surface area contributed by atoms with E-state index in [0.717, 1.165) is 19.0 Å². The minimum atomic E-state index is -4.49. The number of para-hydroxylation sites is 1. The summed E-state index contributed by atoms with van der Waals surface area (Å²) in [6.07, 6.45) is -3.68. The second-order valence-corrected chi connectivity index (χ2v) is 4.91. The molecule has 1 heterocycles. The molecule has 1 unspecified atom stereocenters. The first-order valence-electron chi connectivity index (χ1n) is 6.88. The van der Waals surface area contributed by atoms with E-state index in [1.54, 1.807) is 4.90 Å². The molecule has 2 N–H and O–H groups in total. The van der Waals surface area contributed by atoms with Gasteiger partial charge in [-0.2, -0.15) is 13.2 Å². The number of rotatable bonds is 3. The minimum absolute atomic E-state index is 0.0213. The van der Waals surface area contributed by atoms with Gasteiger partial charge in [-0.1, -0.05) is 12.1 Å². The minimum Gasteiger partial charge on any atom is -0.321 e. The van der Waals surface area contributed by atoms with Crippen LogP contribution < -0.4 is 10.6 Å². The average Bonchev–Trinajstić information content (AvgIpc) is 2.93. The number of carbonyl (C=O) groups excluding carboxylic acids is 1. The highest BCUT2D eigenvalue weighted by Crippen LogP contribution is 2.34. The van der Waals surface area contributed by atoms with E-state index in [2.05, 4.69) is 10.6 Å². The smallest absolute Gasteiger partial charge is 0.321 e. The van der Waals surface area contributed by atoms with Gasteiger partial charge < -0.3 is 15.5 Å². The van der Waals surface area contributed by atoms with E-state index in [-0.39, 0.29) is 11.7 Å². The fourth-order valence-corrected chi connectivity index (χ4v) is 2.50. The van der Waals surface area contributed by atoms with E-state index in [1.807, 2.05) is 6.92 Å². The van der Waals surface area contributed by atoms with E-state index in [0.29, 0.717) is 13.1 Å². The lowest BCUT2D eigenvalue weighted by molar-refractivity contribution is -0.136. The molecule has 7 heteroatoms. The van der Waals surface area contributed by atoms with Crippen molar-refractivity contribution in [2.24, 2.45) is 0 Å². The van der Waals surface area contributed by atoms with Gasteiger partial charge in [0.25, 0.3) is 0 Å². The first-order valence-corrected chi connectivity index (χ1v) is 6.88. The highest BCUT2D eigenvalue weighted by molar-refractivity contribution is 5.90. The standard InChI is InChI=1S/C14H18F3N3O/c1-2-20(10-7-8-18-9-10)13(21)19-12-6-4-3-5-11(12)14(15,16)17/h3-6,10,18H,2,7-9H2,1H3,(H,19,21). The van der Waals surface area contributed by atoms with Crippen molar-refractivity contribution in [3.05, 3.63) is 29.8 Å². The normalized spacial score (nSPS) is 18.6. The number of nitrogens with one attached hydrogen (secondary N) is 2. The van der Waals surface area contributed by atoms with Gasteiger partial charge in [0, 0.05) is 19.1 Å². The van der Waals surface area contributed by atoms with E-state index in [9.17, 15) is 18.0 Å². The summed E-state index contributed by atoms with van der Waals surface area (Å²) in [6.45, 7) is 3.75. The zero-order valence-electron chi connectivity index (χ0n) is 11.7. The molecule has 2 rings (SSSR count). The molecule has 2 amide bonds. The Labute approximate surface area is 121 Å². The number of amides is 2. The molecule has 0 radical (unpaired) electrons. The zero-order chi connectivity index (χ0) is 15.5. The van der Waals surface area contributed by atoms with Crippen molar-refractivity contribution >= 4 is 11.7 Å². The number of hydrogen-bond acceptors (Lipinski definition) is 2. The highest BCUT2D eigenvalue weighted by Gasteiger charge is 2.34. The molecular weight excluding hydrogens is 283 g/mol. The van der Waals surface area contributed by atoms with Gasteiger partial charge in [0.1, 0.15) is 0 Å². The molecule has 0 saturated carbocycles. The molecule has 21 heavy (non-hydrogen) atoms. The molecule has 1 fully saturated rings. The second kappa shape index (κ2) is 6.34. The summed E-state index contributed by atoms with van der Waals surface area (Å²) in [7, 11) is 0. The lowest BCUT2D eigenvalue weighted by Gasteiger charge is -2.27. The predicted molar refractivity (Wildman–Crippen MR) is 74.1 cm³/mol. The summed E-state index contributed by atoms with van der Waals surface area (Å²) in [4.78, 5) is 13.8. The first kappa shape index (κ1) is 15.6. The molecule has 1 atom stereocenters. The maximum atomic E-state index is 12.9. The third kappa shape index (κ3) is 3.66. The molecule has 0 bridgehead atoms. The van der Waals surface area contributed by atoms with Crippen LogP contribution in [0.5, 0.6) is 0 Å². The van der Waals surface area contributed by atoms with E-state index in [1.165, 1.54) is 18.2 Å². The quantitative estimate of drug-likeness (QED) is 0.901. The summed E-state index contributed by atoms with van der Waals surface area (Å²) < 4.78 is 38.7. The topological polar surface area (TPSA) is 44.4 Å². The Balaban J connectivity index is 2.15. The van der Waals surface area contributed by atoms with Crippen molar-refractivity contribution in [2.45, 2.75) is 25.6 Å². The van der Waals surface area contributed by atoms with Gasteiger partial charge in [0.2, 0.25) is 0 Å². The van der Waals surface area contributed by atoms with Crippen molar-refractivity contribution in [1.82, 2.24) is 10.2 Å². The Morgan fingerprint density at radius 1 is 1.43 bits per heavy atom. The van der Waals surface area contributed by atoms with Gasteiger partial charge in [-0.15, -0.1) is 0 Å². The maximum Gasteiger partial charge on any atom is 0.418 e. The summed E-state index contributed by atoms with van der Waals surface area (Å²) in [5.41, 5.74) is -1.04. The highest BCUT2D eigenvalue weighted by atomic mass is 19.4. The van der Waals surface area contributed by atoms with Gasteiger partial charge >= 0.3 is 12.2 Å². The van der Waals surface area contributed by atoms with Gasteiger partial charge in [0.15, 0.2) is 0 Å². The van der Waals surface area contributed by atoms with Crippen LogP contribution in [0.1, 0.15) is 18.9 Å². The molecule has 4 nitrogen and oxygen atoms in total. The summed E-state index contributed by atoms with van der Waals surface area (Å²) in [5, 5.41) is 5.52. The summed E-state index contributed by atoms with van der Waals surface area (Å²) in [5.74, 6) is 0. The van der Waals surface area contributed by atoms with Crippen molar-refractivity contribution in [3.63, 3.8) is 0 Å². The molecular formula is C14H18F3N3O. The number of halogens is 3. The largest absolute Gasteiger partial charge is 0.418 e. The van der Waals surface area contributed by atoms with E-state index < -0.39 is 17.8 Å². The molecule has 0 aromatic heterocycles. The van der Waals surface area contributed by atoms with Crippen LogP contribution in [0.15, 0.2) is 24.3 Å². The average molecular weight is 301 g/mol. The molecule has 0 aliphatic carbocycles. The van der Waals surface area contributed by atoms with Crippen molar-refractivity contribution in [3.8, 4) is 0 Å². The Bertz CT molecular complexity index is 498. The number of carbonyl (C=O) groups is 1. The Morgan fingerprint density at radius 2 is 2.14 bits per heavy atom. The molecule has 116 valence electrons. The molecule has 1 aromatic carbocycles. The lowest BCUT2D eigenvalue weighted by atomic mass is 10.1. The van der Waals surface area contributed by atoms with Crippen molar-refractivity contribution in [2.75, 3.05) is 25.0 Å². The predicted octanol–water partition coefficient (Wildman–Crippen LogP) is 2.92. The molecule has 1 aliphatic heterocycles. The summed E-state index contributed by atoms with van der Waals surface area (Å²) in [6, 6.07) is 4.52. The van der Waals surface area contributed by atoms with Crippen LogP contribution in [0.4, 0.5) is 23.7 Å².